The number of thiazole rings is 1. The quantitative estimate of drug-likeness (QED) is 0.517. The molecule has 0 aliphatic carbocycles. The molecule has 0 saturated carbocycles. The lowest BCUT2D eigenvalue weighted by atomic mass is 10.2. The van der Waals surface area contributed by atoms with Gasteiger partial charge in [0.1, 0.15) is 6.23 Å². The van der Waals surface area contributed by atoms with E-state index in [9.17, 15) is 27.5 Å². The van der Waals surface area contributed by atoms with Gasteiger partial charge in [-0.1, -0.05) is 6.07 Å². The predicted octanol–water partition coefficient (Wildman–Crippen LogP) is 3.22. The first-order valence-electron chi connectivity index (χ1n) is 7.55. The monoisotopic (exact) mass is 403 g/mol. The third kappa shape index (κ3) is 3.53. The number of hydrogen-bond acceptors (Lipinski definition) is 6. The highest BCUT2D eigenvalue weighted by molar-refractivity contribution is 7.17. The Morgan fingerprint density at radius 3 is 2.70 bits per heavy atom. The van der Waals surface area contributed by atoms with Crippen molar-refractivity contribution in [2.24, 2.45) is 0 Å². The van der Waals surface area contributed by atoms with Crippen LogP contribution < -0.4 is 15.6 Å². The van der Waals surface area contributed by atoms with Gasteiger partial charge in [0.05, 0.1) is 17.3 Å². The van der Waals surface area contributed by atoms with E-state index in [4.69, 9.17) is 4.74 Å². The fourth-order valence-corrected chi connectivity index (χ4v) is 3.50. The number of rotatable bonds is 4. The van der Waals surface area contributed by atoms with Gasteiger partial charge in [-0.3, -0.25) is 14.5 Å². The maximum absolute atomic E-state index is 14.1. The van der Waals surface area contributed by atoms with Crippen molar-refractivity contribution < 1.29 is 27.4 Å². The summed E-state index contributed by atoms with van der Waals surface area (Å²) in [4.78, 5) is 17.2. The topological polar surface area (TPSA) is 75.9 Å². The van der Waals surface area contributed by atoms with Crippen LogP contribution >= 0.6 is 11.3 Å². The Labute approximate surface area is 153 Å². The number of alkyl halides is 3. The summed E-state index contributed by atoms with van der Waals surface area (Å²) in [6, 6.07) is 3.49. The predicted molar refractivity (Wildman–Crippen MR) is 89.6 cm³/mol. The van der Waals surface area contributed by atoms with Gasteiger partial charge in [-0.25, -0.2) is 4.39 Å². The van der Waals surface area contributed by atoms with E-state index in [1.165, 1.54) is 7.05 Å². The van der Waals surface area contributed by atoms with Crippen LogP contribution in [0.3, 0.4) is 0 Å². The number of fused-ring (bicyclic) bond motifs is 1. The largest absolute Gasteiger partial charge is 0.436 e. The molecular weight excluding hydrogens is 390 g/mol. The van der Waals surface area contributed by atoms with Crippen LogP contribution in [0.25, 0.3) is 4.96 Å². The van der Waals surface area contributed by atoms with E-state index in [0.29, 0.717) is 10.9 Å². The number of halogens is 4. The van der Waals surface area contributed by atoms with Crippen molar-refractivity contribution in [3.8, 4) is 11.6 Å². The van der Waals surface area contributed by atoms with Crippen LogP contribution in [0.15, 0.2) is 29.1 Å². The van der Waals surface area contributed by atoms with E-state index >= 15 is 0 Å². The molecule has 3 rings (SSSR count). The molecule has 0 bridgehead atoms. The van der Waals surface area contributed by atoms with Gasteiger partial charge in [-0.15, -0.1) is 11.3 Å². The normalized spacial score (nSPS) is 13.1. The van der Waals surface area contributed by atoms with Crippen LogP contribution in [-0.2, 0) is 6.18 Å². The van der Waals surface area contributed by atoms with Crippen molar-refractivity contribution >= 4 is 16.3 Å². The zero-order valence-electron chi connectivity index (χ0n) is 14.0. The van der Waals surface area contributed by atoms with E-state index in [-0.39, 0.29) is 16.5 Å². The highest BCUT2D eigenvalue weighted by Crippen LogP contribution is 2.36. The number of nitrogens with one attached hydrogen (secondary N) is 1. The van der Waals surface area contributed by atoms with E-state index < -0.39 is 35.1 Å². The first kappa shape index (κ1) is 19.3. The van der Waals surface area contributed by atoms with Gasteiger partial charge in [-0.05, 0) is 26.1 Å². The van der Waals surface area contributed by atoms with Gasteiger partial charge >= 0.3 is 6.18 Å². The van der Waals surface area contributed by atoms with E-state index in [1.807, 2.05) is 0 Å². The lowest BCUT2D eigenvalue weighted by Crippen LogP contribution is -2.23. The number of aliphatic hydroxyl groups excluding tert-OH is 1. The lowest BCUT2D eigenvalue weighted by Gasteiger charge is -2.12. The molecule has 2 heterocycles. The molecule has 1 atom stereocenters. The molecule has 2 N–H and O–H groups in total. The van der Waals surface area contributed by atoms with Crippen molar-refractivity contribution in [1.29, 1.82) is 0 Å². The molecule has 0 aliphatic rings. The maximum Gasteiger partial charge on any atom is 0.419 e. The van der Waals surface area contributed by atoms with Crippen LogP contribution in [0.1, 0.15) is 22.4 Å². The zero-order chi connectivity index (χ0) is 19.9. The number of aromatic nitrogens is 2. The molecule has 27 heavy (non-hydrogen) atoms. The molecule has 0 radical (unpaired) electrons. The maximum atomic E-state index is 14.1. The first-order chi connectivity index (χ1) is 12.6. The Balaban J connectivity index is 2.07. The van der Waals surface area contributed by atoms with Gasteiger partial charge in [0.15, 0.2) is 11.6 Å². The number of benzene rings is 1. The first-order valence-corrected chi connectivity index (χ1v) is 8.37. The molecular formula is C16H13F4N3O3S. The van der Waals surface area contributed by atoms with Gasteiger partial charge in [0.25, 0.3) is 5.56 Å². The summed E-state index contributed by atoms with van der Waals surface area (Å²) < 4.78 is 58.8. The minimum absolute atomic E-state index is 0.145. The third-order valence-electron chi connectivity index (χ3n) is 3.73. The van der Waals surface area contributed by atoms with Crippen LogP contribution in [-0.4, -0.2) is 21.5 Å². The summed E-state index contributed by atoms with van der Waals surface area (Å²) in [5, 5.41) is 12.6. The highest BCUT2D eigenvalue weighted by Gasteiger charge is 2.35. The molecule has 11 heteroatoms. The second-order valence-corrected chi connectivity index (χ2v) is 6.68. The summed E-state index contributed by atoms with van der Waals surface area (Å²) in [7, 11) is 1.50. The summed E-state index contributed by atoms with van der Waals surface area (Å²) in [6.45, 7) is 1.67. The molecule has 0 saturated heterocycles. The standard InChI is InChI=1S/C16H13F4N3O3S/c1-7-13(14(25)21-2)23-11(24)6-10(22-15(23)27-7)26-9-5-3-4-8(12(9)17)16(18,19)20/h3-6,14,21,25H,1-2H3. The smallest absolute Gasteiger partial charge is 0.419 e. The van der Waals surface area contributed by atoms with Gasteiger partial charge in [-0.2, -0.15) is 18.2 Å². The lowest BCUT2D eigenvalue weighted by molar-refractivity contribution is -0.140. The molecule has 1 aromatic carbocycles. The molecule has 6 nitrogen and oxygen atoms in total. The molecule has 1 unspecified atom stereocenters. The van der Waals surface area contributed by atoms with Gasteiger partial charge in [0.2, 0.25) is 10.8 Å². The van der Waals surface area contributed by atoms with Crippen molar-refractivity contribution in [3.05, 3.63) is 56.6 Å². The van der Waals surface area contributed by atoms with E-state index in [0.717, 1.165) is 33.9 Å². The highest BCUT2D eigenvalue weighted by atomic mass is 32.1. The number of nitrogens with zero attached hydrogens (tertiary/aromatic N) is 2. The van der Waals surface area contributed by atoms with Gasteiger partial charge in [0, 0.05) is 4.88 Å². The Hall–Kier alpha value is -2.50. The average Bonchev–Trinajstić information content (AvgIpc) is 2.91. The Morgan fingerprint density at radius 2 is 2.07 bits per heavy atom. The van der Waals surface area contributed by atoms with Crippen molar-refractivity contribution in [3.63, 3.8) is 0 Å². The second-order valence-electron chi connectivity index (χ2n) is 5.50. The van der Waals surface area contributed by atoms with Crippen LogP contribution in [0.2, 0.25) is 0 Å². The summed E-state index contributed by atoms with van der Waals surface area (Å²) in [5.74, 6) is -2.66. The van der Waals surface area contributed by atoms with Gasteiger partial charge < -0.3 is 9.84 Å². The number of aliphatic hydroxyl groups is 1. The Kier molecular flexibility index (Phi) is 4.93. The van der Waals surface area contributed by atoms with Crippen molar-refractivity contribution in [2.75, 3.05) is 7.05 Å². The molecule has 0 amide bonds. The minimum atomic E-state index is -4.89. The van der Waals surface area contributed by atoms with E-state index in [2.05, 4.69) is 10.3 Å². The number of hydrogen-bond donors (Lipinski definition) is 2. The minimum Gasteiger partial charge on any atom is -0.436 e. The molecule has 0 aliphatic heterocycles. The SMILES string of the molecule is CNC(O)c1c(C)sc2nc(Oc3cccc(C(F)(F)F)c3F)cc(=O)n12. The Bertz CT molecular complexity index is 1060. The average molecular weight is 403 g/mol. The molecule has 0 fully saturated rings. The second kappa shape index (κ2) is 6.91. The zero-order valence-corrected chi connectivity index (χ0v) is 14.8. The van der Waals surface area contributed by atoms with E-state index in [1.54, 1.807) is 6.92 Å². The number of aryl methyl sites for hydroxylation is 1. The Morgan fingerprint density at radius 1 is 1.37 bits per heavy atom. The summed E-state index contributed by atoms with van der Waals surface area (Å²) in [6.07, 6.45) is -6.00. The molecule has 0 spiro atoms. The molecule has 2 aromatic heterocycles. The fourth-order valence-electron chi connectivity index (χ4n) is 2.50. The van der Waals surface area contributed by atoms with Crippen LogP contribution in [0.4, 0.5) is 17.6 Å². The summed E-state index contributed by atoms with van der Waals surface area (Å²) in [5.41, 5.74) is -1.83. The summed E-state index contributed by atoms with van der Waals surface area (Å²) >= 11 is 1.07. The fraction of sp³-hybridized carbons (Fsp3) is 0.250. The van der Waals surface area contributed by atoms with Crippen LogP contribution in [0.5, 0.6) is 11.6 Å². The van der Waals surface area contributed by atoms with Crippen molar-refractivity contribution in [1.82, 2.24) is 14.7 Å². The molecule has 3 aromatic rings. The van der Waals surface area contributed by atoms with Crippen molar-refractivity contribution in [2.45, 2.75) is 19.3 Å². The third-order valence-corrected chi connectivity index (χ3v) is 4.70. The number of ether oxygens (including phenoxy) is 1. The molecule has 144 valence electrons. The van der Waals surface area contributed by atoms with Crippen LogP contribution in [0, 0.1) is 12.7 Å².